The van der Waals surface area contributed by atoms with Crippen LogP contribution < -0.4 is 4.74 Å². The van der Waals surface area contributed by atoms with Gasteiger partial charge < -0.3 is 18.8 Å². The van der Waals surface area contributed by atoms with Gasteiger partial charge in [0.2, 0.25) is 5.88 Å². The Kier molecular flexibility index (Phi) is 7.13. The van der Waals surface area contributed by atoms with E-state index in [1.54, 1.807) is 33.8 Å². The highest BCUT2D eigenvalue weighted by molar-refractivity contribution is 5.91. The SMILES string of the molecule is CCc1nn(-c2ccc(F)cc2)c(Oc2ccccc2)c1CN(C[C@@H]1CCCO1)C(=O)c1ccco1. The first-order valence-corrected chi connectivity index (χ1v) is 12.2. The van der Waals surface area contributed by atoms with Crippen molar-refractivity contribution in [3.05, 3.63) is 95.8 Å². The molecule has 186 valence electrons. The van der Waals surface area contributed by atoms with E-state index in [0.29, 0.717) is 36.9 Å². The second-order valence-corrected chi connectivity index (χ2v) is 8.69. The number of para-hydroxylation sites is 1. The third kappa shape index (κ3) is 5.18. The van der Waals surface area contributed by atoms with Crippen LogP contribution in [-0.2, 0) is 17.7 Å². The van der Waals surface area contributed by atoms with E-state index in [2.05, 4.69) is 0 Å². The number of carbonyl (C=O) groups is 1. The van der Waals surface area contributed by atoms with E-state index >= 15 is 0 Å². The predicted molar refractivity (Wildman–Crippen MR) is 132 cm³/mol. The van der Waals surface area contributed by atoms with Gasteiger partial charge in [0.1, 0.15) is 11.6 Å². The van der Waals surface area contributed by atoms with E-state index in [0.717, 1.165) is 24.1 Å². The first-order valence-electron chi connectivity index (χ1n) is 12.2. The average Bonchev–Trinajstić information content (AvgIpc) is 3.67. The van der Waals surface area contributed by atoms with Crippen molar-refractivity contribution < 1.29 is 23.1 Å². The minimum absolute atomic E-state index is 0.0420. The Morgan fingerprint density at radius 1 is 1.14 bits per heavy atom. The fraction of sp³-hybridized carbons (Fsp3) is 0.286. The van der Waals surface area contributed by atoms with Crippen LogP contribution in [0.15, 0.2) is 77.4 Å². The molecule has 2 aromatic heterocycles. The van der Waals surface area contributed by atoms with Crippen LogP contribution in [0.4, 0.5) is 4.39 Å². The summed E-state index contributed by atoms with van der Waals surface area (Å²) in [6.07, 6.45) is 3.94. The van der Waals surface area contributed by atoms with Crippen LogP contribution >= 0.6 is 0 Å². The Labute approximate surface area is 209 Å². The number of hydrogen-bond donors (Lipinski definition) is 0. The van der Waals surface area contributed by atoms with Crippen molar-refractivity contribution in [2.75, 3.05) is 13.2 Å². The van der Waals surface area contributed by atoms with Gasteiger partial charge in [0, 0.05) is 13.2 Å². The molecule has 0 aliphatic carbocycles. The maximum Gasteiger partial charge on any atom is 0.289 e. The summed E-state index contributed by atoms with van der Waals surface area (Å²) < 4.78 is 33.0. The number of halogens is 1. The number of hydrogen-bond acceptors (Lipinski definition) is 5. The van der Waals surface area contributed by atoms with Crippen molar-refractivity contribution in [2.24, 2.45) is 0 Å². The molecule has 0 saturated carbocycles. The molecule has 0 unspecified atom stereocenters. The Morgan fingerprint density at radius 3 is 2.61 bits per heavy atom. The second kappa shape index (κ2) is 10.8. The summed E-state index contributed by atoms with van der Waals surface area (Å²) in [5.74, 6) is 0.821. The summed E-state index contributed by atoms with van der Waals surface area (Å²) in [6.45, 7) is 3.38. The zero-order valence-electron chi connectivity index (χ0n) is 20.1. The minimum Gasteiger partial charge on any atom is -0.459 e. The van der Waals surface area contributed by atoms with Crippen LogP contribution in [0.25, 0.3) is 5.69 Å². The molecule has 1 aliphatic heterocycles. The Hall–Kier alpha value is -3.91. The fourth-order valence-corrected chi connectivity index (χ4v) is 4.38. The molecule has 1 amide bonds. The van der Waals surface area contributed by atoms with Crippen LogP contribution in [-0.4, -0.2) is 39.8 Å². The topological polar surface area (TPSA) is 69.7 Å². The highest BCUT2D eigenvalue weighted by atomic mass is 19.1. The summed E-state index contributed by atoms with van der Waals surface area (Å²) in [5, 5.41) is 4.81. The summed E-state index contributed by atoms with van der Waals surface area (Å²) in [5.41, 5.74) is 2.23. The molecule has 0 bridgehead atoms. The predicted octanol–water partition coefficient (Wildman–Crippen LogP) is 5.78. The largest absolute Gasteiger partial charge is 0.459 e. The lowest BCUT2D eigenvalue weighted by Gasteiger charge is -2.25. The monoisotopic (exact) mass is 489 g/mol. The van der Waals surface area contributed by atoms with E-state index in [4.69, 9.17) is 19.0 Å². The van der Waals surface area contributed by atoms with Crippen LogP contribution in [0.3, 0.4) is 0 Å². The summed E-state index contributed by atoms with van der Waals surface area (Å²) in [4.78, 5) is 15.2. The quantitative estimate of drug-likeness (QED) is 0.298. The first kappa shape index (κ1) is 23.8. The maximum absolute atomic E-state index is 13.7. The lowest BCUT2D eigenvalue weighted by molar-refractivity contribution is 0.0482. The molecule has 3 heterocycles. The first-order chi connectivity index (χ1) is 17.6. The molecule has 36 heavy (non-hydrogen) atoms. The Balaban J connectivity index is 1.57. The van der Waals surface area contributed by atoms with Crippen molar-refractivity contribution in [3.8, 4) is 17.3 Å². The number of ether oxygens (including phenoxy) is 2. The van der Waals surface area contributed by atoms with Gasteiger partial charge in [-0.15, -0.1) is 0 Å². The van der Waals surface area contributed by atoms with Crippen molar-refractivity contribution in [1.29, 1.82) is 0 Å². The van der Waals surface area contributed by atoms with E-state index in [9.17, 15) is 9.18 Å². The average molecular weight is 490 g/mol. The van der Waals surface area contributed by atoms with Gasteiger partial charge in [0.05, 0.1) is 35.9 Å². The van der Waals surface area contributed by atoms with Gasteiger partial charge >= 0.3 is 0 Å². The van der Waals surface area contributed by atoms with E-state index < -0.39 is 0 Å². The second-order valence-electron chi connectivity index (χ2n) is 8.69. The van der Waals surface area contributed by atoms with Gasteiger partial charge in [-0.2, -0.15) is 5.10 Å². The third-order valence-corrected chi connectivity index (χ3v) is 6.20. The summed E-state index contributed by atoms with van der Waals surface area (Å²) in [7, 11) is 0. The number of rotatable bonds is 9. The molecule has 1 fully saturated rings. The van der Waals surface area contributed by atoms with Gasteiger partial charge in [-0.25, -0.2) is 9.07 Å². The van der Waals surface area contributed by atoms with Crippen molar-refractivity contribution in [1.82, 2.24) is 14.7 Å². The smallest absolute Gasteiger partial charge is 0.289 e. The molecule has 1 aliphatic rings. The molecule has 1 saturated heterocycles. The molecular weight excluding hydrogens is 461 g/mol. The van der Waals surface area contributed by atoms with Crippen molar-refractivity contribution in [2.45, 2.75) is 38.8 Å². The molecule has 8 heteroatoms. The molecule has 0 N–H and O–H groups in total. The molecule has 7 nitrogen and oxygen atoms in total. The number of amides is 1. The zero-order valence-corrected chi connectivity index (χ0v) is 20.1. The third-order valence-electron chi connectivity index (χ3n) is 6.20. The normalized spacial score (nSPS) is 15.2. The number of benzene rings is 2. The number of furan rings is 1. The molecular formula is C28H28FN3O4. The van der Waals surface area contributed by atoms with E-state index in [-0.39, 0.29) is 30.1 Å². The maximum atomic E-state index is 13.7. The molecule has 0 radical (unpaired) electrons. The van der Waals surface area contributed by atoms with Crippen molar-refractivity contribution in [3.63, 3.8) is 0 Å². The van der Waals surface area contributed by atoms with Crippen LogP contribution in [0.5, 0.6) is 11.6 Å². The van der Waals surface area contributed by atoms with Crippen LogP contribution in [0.2, 0.25) is 0 Å². The number of aryl methyl sites for hydroxylation is 1. The summed E-state index contributed by atoms with van der Waals surface area (Å²) >= 11 is 0. The number of aromatic nitrogens is 2. The molecule has 0 spiro atoms. The lowest BCUT2D eigenvalue weighted by Crippen LogP contribution is -2.37. The molecule has 1 atom stereocenters. The molecule has 2 aromatic carbocycles. The highest BCUT2D eigenvalue weighted by Gasteiger charge is 2.29. The van der Waals surface area contributed by atoms with E-state index in [1.165, 1.54) is 18.4 Å². The fourth-order valence-electron chi connectivity index (χ4n) is 4.38. The Morgan fingerprint density at radius 2 is 1.94 bits per heavy atom. The number of nitrogens with zero attached hydrogens (tertiary/aromatic N) is 3. The zero-order chi connectivity index (χ0) is 24.9. The highest BCUT2D eigenvalue weighted by Crippen LogP contribution is 2.33. The van der Waals surface area contributed by atoms with Crippen LogP contribution in [0, 0.1) is 5.82 Å². The van der Waals surface area contributed by atoms with E-state index in [1.807, 2.05) is 37.3 Å². The van der Waals surface area contributed by atoms with Gasteiger partial charge in [-0.3, -0.25) is 4.79 Å². The summed E-state index contributed by atoms with van der Waals surface area (Å²) in [6, 6.07) is 18.8. The van der Waals surface area contributed by atoms with Crippen molar-refractivity contribution >= 4 is 5.91 Å². The van der Waals surface area contributed by atoms with Gasteiger partial charge in [-0.1, -0.05) is 25.1 Å². The van der Waals surface area contributed by atoms with Gasteiger partial charge in [-0.05, 0) is 67.8 Å². The lowest BCUT2D eigenvalue weighted by atomic mass is 10.1. The molecule has 4 aromatic rings. The standard InChI is InChI=1S/C28H28FN3O4/c1-2-25-24(19-31(18-23-10-6-16-34-23)27(33)26-11-7-17-35-26)28(36-22-8-4-3-5-9-22)32(30-25)21-14-12-20(29)13-15-21/h3-5,7-9,11-15,17,23H,2,6,10,16,18-19H2,1H3/t23-/m0/s1. The Bertz CT molecular complexity index is 1280. The van der Waals surface area contributed by atoms with Crippen LogP contribution in [0.1, 0.15) is 41.6 Å². The van der Waals surface area contributed by atoms with Gasteiger partial charge in [0.25, 0.3) is 5.91 Å². The molecule has 5 rings (SSSR count). The van der Waals surface area contributed by atoms with Gasteiger partial charge in [0.15, 0.2) is 5.76 Å². The number of carbonyl (C=O) groups excluding carboxylic acids is 1. The minimum atomic E-state index is -0.334.